The minimum atomic E-state index is -0.787. The summed E-state index contributed by atoms with van der Waals surface area (Å²) >= 11 is 3.35. The van der Waals surface area contributed by atoms with Gasteiger partial charge in [-0.05, 0) is 35.0 Å². The number of benzene rings is 3. The zero-order valence-electron chi connectivity index (χ0n) is 13.5. The molecule has 26 heavy (non-hydrogen) atoms. The highest BCUT2D eigenvalue weighted by Gasteiger charge is 2.14. The van der Waals surface area contributed by atoms with Crippen molar-refractivity contribution >= 4 is 44.9 Å². The summed E-state index contributed by atoms with van der Waals surface area (Å²) in [5, 5.41) is 5.47. The van der Waals surface area contributed by atoms with Crippen molar-refractivity contribution in [3.63, 3.8) is 0 Å². The van der Waals surface area contributed by atoms with Gasteiger partial charge < -0.3 is 10.5 Å². The highest BCUT2D eigenvalue weighted by atomic mass is 79.9. The Kier molecular flexibility index (Phi) is 5.28. The number of rotatable bonds is 4. The minimum Gasteiger partial charge on any atom is -0.422 e. The van der Waals surface area contributed by atoms with Crippen LogP contribution in [0.3, 0.4) is 0 Å². The number of hydrogen-bond donors (Lipinski definition) is 2. The van der Waals surface area contributed by atoms with E-state index in [0.29, 0.717) is 16.9 Å². The molecular formula is C19H14BrN3O3. The molecule has 0 bridgehead atoms. The lowest BCUT2D eigenvalue weighted by Crippen LogP contribution is -2.24. The first-order valence-electron chi connectivity index (χ1n) is 7.62. The molecule has 0 unspecified atom stereocenters. The molecular weight excluding hydrogens is 398 g/mol. The van der Waals surface area contributed by atoms with E-state index < -0.39 is 12.0 Å². The normalized spacial score (nSPS) is 10.8. The lowest BCUT2D eigenvalue weighted by molar-refractivity contribution is 0.0736. The van der Waals surface area contributed by atoms with Crippen LogP contribution < -0.4 is 15.9 Å². The molecule has 7 heteroatoms. The molecule has 0 heterocycles. The van der Waals surface area contributed by atoms with Crippen molar-refractivity contribution in [1.82, 2.24) is 5.43 Å². The van der Waals surface area contributed by atoms with E-state index in [-0.39, 0.29) is 0 Å². The van der Waals surface area contributed by atoms with Crippen LogP contribution in [0.4, 0.5) is 4.79 Å². The number of urea groups is 1. The number of ether oxygens (including phenoxy) is 1. The molecule has 0 saturated heterocycles. The van der Waals surface area contributed by atoms with E-state index in [2.05, 4.69) is 26.5 Å². The van der Waals surface area contributed by atoms with Gasteiger partial charge in [0.05, 0.1) is 11.8 Å². The Morgan fingerprint density at radius 3 is 2.65 bits per heavy atom. The van der Waals surface area contributed by atoms with E-state index in [4.69, 9.17) is 10.5 Å². The van der Waals surface area contributed by atoms with Crippen LogP contribution >= 0.6 is 15.9 Å². The molecule has 0 spiro atoms. The number of hydrazone groups is 1. The van der Waals surface area contributed by atoms with Gasteiger partial charge in [-0.25, -0.2) is 15.0 Å². The number of fused-ring (bicyclic) bond motifs is 1. The van der Waals surface area contributed by atoms with Gasteiger partial charge in [-0.3, -0.25) is 0 Å². The van der Waals surface area contributed by atoms with Gasteiger partial charge in [-0.2, -0.15) is 5.10 Å². The van der Waals surface area contributed by atoms with Crippen LogP contribution in [-0.2, 0) is 0 Å². The number of esters is 1. The number of amides is 2. The maximum Gasteiger partial charge on any atom is 0.344 e. The fourth-order valence-corrected chi connectivity index (χ4v) is 2.82. The molecule has 0 aromatic heterocycles. The zero-order chi connectivity index (χ0) is 18.5. The van der Waals surface area contributed by atoms with Crippen LogP contribution in [-0.4, -0.2) is 18.2 Å². The second-order valence-corrected chi connectivity index (χ2v) is 6.25. The van der Waals surface area contributed by atoms with Gasteiger partial charge in [0, 0.05) is 10.0 Å². The average Bonchev–Trinajstić information content (AvgIpc) is 2.63. The number of carbonyl (C=O) groups is 2. The maximum absolute atomic E-state index is 12.7. The standard InChI is InChI=1S/C19H14BrN3O3/c20-14-8-9-17(13(10-14)11-22-23-19(21)25)26-18(24)16-7-3-5-12-4-1-2-6-15(12)16/h1-11H,(H3,21,23,25)/b22-11-. The first kappa shape index (κ1) is 17.6. The van der Waals surface area contributed by atoms with Crippen LogP contribution in [0.1, 0.15) is 15.9 Å². The molecule has 0 radical (unpaired) electrons. The predicted octanol–water partition coefficient (Wildman–Crippen LogP) is 3.82. The SMILES string of the molecule is NC(=O)N/N=C\c1cc(Br)ccc1OC(=O)c1cccc2ccccc12. The van der Waals surface area contributed by atoms with Gasteiger partial charge in [0.25, 0.3) is 0 Å². The quantitative estimate of drug-likeness (QED) is 0.295. The number of carbonyl (C=O) groups excluding carboxylic acids is 2. The van der Waals surface area contributed by atoms with E-state index in [0.717, 1.165) is 15.2 Å². The van der Waals surface area contributed by atoms with Gasteiger partial charge in [0.1, 0.15) is 5.75 Å². The molecule has 6 nitrogen and oxygen atoms in total. The lowest BCUT2D eigenvalue weighted by Gasteiger charge is -2.10. The summed E-state index contributed by atoms with van der Waals surface area (Å²) in [6, 6.07) is 17.3. The Labute approximate surface area is 157 Å². The van der Waals surface area contributed by atoms with Gasteiger partial charge in [0.15, 0.2) is 0 Å². The molecule has 0 aliphatic heterocycles. The summed E-state index contributed by atoms with van der Waals surface area (Å²) in [5.41, 5.74) is 8.04. The van der Waals surface area contributed by atoms with Crippen molar-refractivity contribution in [2.24, 2.45) is 10.8 Å². The molecule has 3 aromatic carbocycles. The summed E-state index contributed by atoms with van der Waals surface area (Å²) in [4.78, 5) is 23.4. The highest BCUT2D eigenvalue weighted by molar-refractivity contribution is 9.10. The van der Waals surface area contributed by atoms with Crippen molar-refractivity contribution in [2.75, 3.05) is 0 Å². The third-order valence-corrected chi connectivity index (χ3v) is 4.06. The van der Waals surface area contributed by atoms with Crippen molar-refractivity contribution < 1.29 is 14.3 Å². The zero-order valence-corrected chi connectivity index (χ0v) is 15.1. The molecule has 2 amide bonds. The average molecular weight is 412 g/mol. The summed E-state index contributed by atoms with van der Waals surface area (Å²) in [6.45, 7) is 0. The Balaban J connectivity index is 1.91. The van der Waals surface area contributed by atoms with Gasteiger partial charge in [0.2, 0.25) is 0 Å². The topological polar surface area (TPSA) is 93.8 Å². The Hall–Kier alpha value is -3.19. The van der Waals surface area contributed by atoms with Gasteiger partial charge >= 0.3 is 12.0 Å². The second-order valence-electron chi connectivity index (χ2n) is 5.33. The fraction of sp³-hybridized carbons (Fsp3) is 0. The first-order chi connectivity index (χ1) is 12.5. The third kappa shape index (κ3) is 4.07. The van der Waals surface area contributed by atoms with E-state index in [9.17, 15) is 9.59 Å². The van der Waals surface area contributed by atoms with E-state index >= 15 is 0 Å². The molecule has 0 aliphatic carbocycles. The molecule has 0 atom stereocenters. The number of hydrogen-bond acceptors (Lipinski definition) is 4. The maximum atomic E-state index is 12.7. The Morgan fingerprint density at radius 2 is 1.85 bits per heavy atom. The smallest absolute Gasteiger partial charge is 0.344 e. The van der Waals surface area contributed by atoms with Crippen LogP contribution in [0.15, 0.2) is 70.2 Å². The third-order valence-electron chi connectivity index (χ3n) is 3.56. The molecule has 3 rings (SSSR count). The Bertz CT molecular complexity index is 1010. The highest BCUT2D eigenvalue weighted by Crippen LogP contribution is 2.25. The van der Waals surface area contributed by atoms with Crippen LogP contribution in [0, 0.1) is 0 Å². The molecule has 3 aromatic rings. The number of halogens is 1. The molecule has 130 valence electrons. The first-order valence-corrected chi connectivity index (χ1v) is 8.42. The van der Waals surface area contributed by atoms with Crippen molar-refractivity contribution in [1.29, 1.82) is 0 Å². The lowest BCUT2D eigenvalue weighted by atomic mass is 10.0. The molecule has 0 fully saturated rings. The van der Waals surface area contributed by atoms with Gasteiger partial charge in [-0.15, -0.1) is 0 Å². The molecule has 0 aliphatic rings. The van der Waals surface area contributed by atoms with E-state index in [1.54, 1.807) is 30.3 Å². The second kappa shape index (κ2) is 7.79. The van der Waals surface area contributed by atoms with Crippen molar-refractivity contribution in [2.45, 2.75) is 0 Å². The summed E-state index contributed by atoms with van der Waals surface area (Å²) in [5.74, 6) is -0.178. The predicted molar refractivity (Wildman–Crippen MR) is 103 cm³/mol. The summed E-state index contributed by atoms with van der Waals surface area (Å²) < 4.78 is 6.32. The monoisotopic (exact) mass is 411 g/mol. The van der Waals surface area contributed by atoms with Crippen molar-refractivity contribution in [3.8, 4) is 5.75 Å². The van der Waals surface area contributed by atoms with Crippen LogP contribution in [0.5, 0.6) is 5.75 Å². The van der Waals surface area contributed by atoms with E-state index in [1.165, 1.54) is 6.21 Å². The fourth-order valence-electron chi connectivity index (χ4n) is 2.44. The van der Waals surface area contributed by atoms with Crippen LogP contribution in [0.2, 0.25) is 0 Å². The Morgan fingerprint density at radius 1 is 1.08 bits per heavy atom. The number of nitrogens with zero attached hydrogens (tertiary/aromatic N) is 1. The van der Waals surface area contributed by atoms with Crippen LogP contribution in [0.25, 0.3) is 10.8 Å². The number of primary amides is 1. The van der Waals surface area contributed by atoms with Gasteiger partial charge in [-0.1, -0.05) is 52.3 Å². The molecule has 0 saturated carbocycles. The molecule has 3 N–H and O–H groups in total. The van der Waals surface area contributed by atoms with E-state index in [1.807, 2.05) is 30.3 Å². The summed E-state index contributed by atoms with van der Waals surface area (Å²) in [7, 11) is 0. The largest absolute Gasteiger partial charge is 0.422 e. The number of nitrogens with one attached hydrogen (secondary N) is 1. The minimum absolute atomic E-state index is 0.307. The van der Waals surface area contributed by atoms with Crippen molar-refractivity contribution in [3.05, 3.63) is 76.3 Å². The summed E-state index contributed by atoms with van der Waals surface area (Å²) in [6.07, 6.45) is 1.35. The number of nitrogens with two attached hydrogens (primary N) is 1.